The first-order valence-electron chi connectivity index (χ1n) is 6.74. The normalized spacial score (nSPS) is 23.8. The van der Waals surface area contributed by atoms with Gasteiger partial charge in [0.15, 0.2) is 0 Å². The van der Waals surface area contributed by atoms with Crippen LogP contribution < -0.4 is 0 Å². The standard InChI is InChI=1S/C12H28BrNSi2/c1-15(2)11-12-16(3,4)14(15)10-8-6-5-7-9-13/h5-12H2,1-4H3. The summed E-state index contributed by atoms with van der Waals surface area (Å²) in [5, 5.41) is 1.18. The van der Waals surface area contributed by atoms with E-state index in [0.717, 1.165) is 0 Å². The highest BCUT2D eigenvalue weighted by molar-refractivity contribution is 9.09. The van der Waals surface area contributed by atoms with Gasteiger partial charge in [0.1, 0.15) is 16.5 Å². The lowest BCUT2D eigenvalue weighted by atomic mass is 10.2. The number of hydrogen-bond donors (Lipinski definition) is 0. The molecule has 4 heteroatoms. The van der Waals surface area contributed by atoms with Crippen LogP contribution in [0.15, 0.2) is 0 Å². The van der Waals surface area contributed by atoms with Gasteiger partial charge in [-0.05, 0) is 31.5 Å². The molecule has 1 nitrogen and oxygen atoms in total. The average molecular weight is 322 g/mol. The highest BCUT2D eigenvalue weighted by atomic mass is 79.9. The Morgan fingerprint density at radius 3 is 1.88 bits per heavy atom. The van der Waals surface area contributed by atoms with Crippen molar-refractivity contribution in [3.05, 3.63) is 0 Å². The lowest BCUT2D eigenvalue weighted by Gasteiger charge is -2.38. The molecule has 1 aliphatic heterocycles. The topological polar surface area (TPSA) is 3.24 Å². The maximum atomic E-state index is 3.51. The van der Waals surface area contributed by atoms with Crippen molar-refractivity contribution in [2.24, 2.45) is 0 Å². The predicted molar refractivity (Wildman–Crippen MR) is 83.5 cm³/mol. The van der Waals surface area contributed by atoms with Crippen molar-refractivity contribution in [2.45, 2.75) is 64.0 Å². The summed E-state index contributed by atoms with van der Waals surface area (Å²) in [7, 11) is -1.98. The van der Waals surface area contributed by atoms with E-state index in [9.17, 15) is 0 Å². The number of rotatable bonds is 6. The molecule has 1 rings (SSSR count). The van der Waals surface area contributed by atoms with Gasteiger partial charge in [-0.25, -0.2) is 0 Å². The van der Waals surface area contributed by atoms with Gasteiger partial charge >= 0.3 is 0 Å². The second kappa shape index (κ2) is 6.16. The van der Waals surface area contributed by atoms with Crippen molar-refractivity contribution >= 4 is 32.4 Å². The van der Waals surface area contributed by atoms with Crippen LogP contribution in [0.5, 0.6) is 0 Å². The lowest BCUT2D eigenvalue weighted by Crippen LogP contribution is -2.55. The van der Waals surface area contributed by atoms with Crippen molar-refractivity contribution < 1.29 is 0 Å². The molecule has 0 N–H and O–H groups in total. The summed E-state index contributed by atoms with van der Waals surface area (Å²) >= 11 is 3.51. The van der Waals surface area contributed by atoms with Crippen molar-refractivity contribution in [1.82, 2.24) is 4.23 Å². The number of halogens is 1. The van der Waals surface area contributed by atoms with Crippen LogP contribution in [0.4, 0.5) is 0 Å². The molecule has 0 aromatic carbocycles. The first kappa shape index (κ1) is 14.9. The average Bonchev–Trinajstić information content (AvgIpc) is 2.39. The van der Waals surface area contributed by atoms with Crippen molar-refractivity contribution in [3.63, 3.8) is 0 Å². The van der Waals surface area contributed by atoms with Crippen molar-refractivity contribution in [1.29, 1.82) is 0 Å². The third-order valence-corrected chi connectivity index (χ3v) is 15.1. The van der Waals surface area contributed by atoms with Gasteiger partial charge in [-0.3, -0.25) is 0 Å². The summed E-state index contributed by atoms with van der Waals surface area (Å²) in [6.45, 7) is 11.7. The van der Waals surface area contributed by atoms with Crippen LogP contribution in [0.1, 0.15) is 25.7 Å². The Kier molecular flexibility index (Phi) is 5.75. The minimum Gasteiger partial charge on any atom is -0.345 e. The molecule has 0 radical (unpaired) electrons. The Morgan fingerprint density at radius 2 is 1.38 bits per heavy atom. The van der Waals surface area contributed by atoms with Gasteiger partial charge in [-0.1, -0.05) is 55.0 Å². The summed E-state index contributed by atoms with van der Waals surface area (Å²) < 4.78 is 3.01. The van der Waals surface area contributed by atoms with Gasteiger partial charge in [0.2, 0.25) is 0 Å². The largest absolute Gasteiger partial charge is 0.345 e. The van der Waals surface area contributed by atoms with Crippen molar-refractivity contribution in [2.75, 3.05) is 11.9 Å². The lowest BCUT2D eigenvalue weighted by molar-refractivity contribution is 0.554. The number of nitrogens with zero attached hydrogens (tertiary/aromatic N) is 1. The second-order valence-electron chi connectivity index (χ2n) is 6.38. The molecule has 0 atom stereocenters. The van der Waals surface area contributed by atoms with E-state index in [0.29, 0.717) is 0 Å². The van der Waals surface area contributed by atoms with E-state index < -0.39 is 16.5 Å². The van der Waals surface area contributed by atoms with Gasteiger partial charge in [-0.15, -0.1) is 0 Å². The monoisotopic (exact) mass is 321 g/mol. The molecule has 0 aromatic rings. The fourth-order valence-corrected chi connectivity index (χ4v) is 17.6. The van der Waals surface area contributed by atoms with E-state index in [1.165, 1.54) is 37.6 Å². The zero-order valence-electron chi connectivity index (χ0n) is 11.5. The molecular weight excluding hydrogens is 294 g/mol. The van der Waals surface area contributed by atoms with E-state index >= 15 is 0 Å². The van der Waals surface area contributed by atoms with Gasteiger partial charge in [0, 0.05) is 5.33 Å². The van der Waals surface area contributed by atoms with Crippen LogP contribution in [-0.2, 0) is 0 Å². The summed E-state index contributed by atoms with van der Waals surface area (Å²) in [5.41, 5.74) is 0. The Bertz CT molecular complexity index is 203. The van der Waals surface area contributed by atoms with Gasteiger partial charge in [0.25, 0.3) is 0 Å². The zero-order chi connectivity index (χ0) is 12.2. The Labute approximate surface area is 112 Å². The van der Waals surface area contributed by atoms with E-state index in [-0.39, 0.29) is 0 Å². The maximum Gasteiger partial charge on any atom is 0.115 e. The molecule has 0 saturated carbocycles. The molecule has 1 saturated heterocycles. The summed E-state index contributed by atoms with van der Waals surface area (Å²) in [4.78, 5) is 0. The Morgan fingerprint density at radius 1 is 0.875 bits per heavy atom. The third kappa shape index (κ3) is 3.96. The molecule has 0 amide bonds. The minimum atomic E-state index is -0.988. The van der Waals surface area contributed by atoms with Gasteiger partial charge in [0.05, 0.1) is 0 Å². The van der Waals surface area contributed by atoms with Crippen LogP contribution in [0.2, 0.25) is 38.3 Å². The molecule has 96 valence electrons. The van der Waals surface area contributed by atoms with E-state index in [1.54, 1.807) is 12.1 Å². The fraction of sp³-hybridized carbons (Fsp3) is 1.00. The fourth-order valence-electron chi connectivity index (χ4n) is 3.02. The SMILES string of the molecule is C[Si]1(C)CC[Si](C)(C)N1CCCCCCBr. The van der Waals surface area contributed by atoms with Gasteiger partial charge < -0.3 is 4.23 Å². The third-order valence-electron chi connectivity index (χ3n) is 4.08. The Balaban J connectivity index is 2.33. The molecule has 1 aliphatic rings. The molecule has 0 aliphatic carbocycles. The smallest absolute Gasteiger partial charge is 0.115 e. The summed E-state index contributed by atoms with van der Waals surface area (Å²) in [6.07, 6.45) is 5.61. The molecule has 0 spiro atoms. The molecule has 0 bridgehead atoms. The highest BCUT2D eigenvalue weighted by Crippen LogP contribution is 2.36. The quantitative estimate of drug-likeness (QED) is 0.390. The molecule has 1 heterocycles. The Hall–Kier alpha value is 0.874. The van der Waals surface area contributed by atoms with E-state index in [4.69, 9.17) is 0 Å². The molecule has 1 fully saturated rings. The molecule has 0 unspecified atom stereocenters. The van der Waals surface area contributed by atoms with E-state index in [1.807, 2.05) is 0 Å². The van der Waals surface area contributed by atoms with Crippen molar-refractivity contribution in [3.8, 4) is 0 Å². The number of alkyl halides is 1. The molecule has 16 heavy (non-hydrogen) atoms. The maximum absolute atomic E-state index is 3.51. The molecule has 0 aromatic heterocycles. The second-order valence-corrected chi connectivity index (χ2v) is 16.9. The summed E-state index contributed by atoms with van der Waals surface area (Å²) in [6, 6.07) is 3.10. The van der Waals surface area contributed by atoms with Gasteiger partial charge in [-0.2, -0.15) is 0 Å². The molecular formula is C12H28BrNSi2. The summed E-state index contributed by atoms with van der Waals surface area (Å²) in [5.74, 6) is 0. The predicted octanol–water partition coefficient (Wildman–Crippen LogP) is 4.67. The van der Waals surface area contributed by atoms with Crippen LogP contribution in [0, 0.1) is 0 Å². The van der Waals surface area contributed by atoms with E-state index in [2.05, 4.69) is 46.3 Å². The van der Waals surface area contributed by atoms with Crippen LogP contribution in [0.3, 0.4) is 0 Å². The van der Waals surface area contributed by atoms with Crippen LogP contribution in [-0.4, -0.2) is 32.6 Å². The number of hydrogen-bond acceptors (Lipinski definition) is 1. The highest BCUT2D eigenvalue weighted by Gasteiger charge is 2.46. The van der Waals surface area contributed by atoms with Crippen LogP contribution in [0.25, 0.3) is 0 Å². The number of unbranched alkanes of at least 4 members (excludes halogenated alkanes) is 3. The zero-order valence-corrected chi connectivity index (χ0v) is 15.1. The first-order valence-corrected chi connectivity index (χ1v) is 14.2. The van der Waals surface area contributed by atoms with Crippen LogP contribution >= 0.6 is 15.9 Å². The minimum absolute atomic E-state index is 0.988. The first-order chi connectivity index (χ1) is 7.40.